The van der Waals surface area contributed by atoms with E-state index >= 15 is 0 Å². The van der Waals surface area contributed by atoms with Gasteiger partial charge < -0.3 is 23.8 Å². The van der Waals surface area contributed by atoms with Gasteiger partial charge in [-0.1, -0.05) is 123 Å². The highest BCUT2D eigenvalue weighted by Crippen LogP contribution is 2.10. The van der Waals surface area contributed by atoms with Gasteiger partial charge in [-0.3, -0.25) is 9.59 Å². The van der Waals surface area contributed by atoms with E-state index < -0.39 is 24.1 Å². The van der Waals surface area contributed by atoms with Crippen molar-refractivity contribution >= 4 is 17.9 Å². The SMILES string of the molecule is CC/C=C/C/C=C/C/C=C/C/C=C/C/C=C/C/C=C/CCCCC(=O)OC(COCCC(C(=O)O)[N+](C)(C)C)COC(=O)C/C=C/C/C=C/C/C=C/CC. The summed E-state index contributed by atoms with van der Waals surface area (Å²) < 4.78 is 17.0. The van der Waals surface area contributed by atoms with Gasteiger partial charge in [0.2, 0.25) is 0 Å². The van der Waals surface area contributed by atoms with Gasteiger partial charge in [-0.15, -0.1) is 0 Å². The first kappa shape index (κ1) is 50.0. The number of quaternary nitrogens is 1. The van der Waals surface area contributed by atoms with E-state index in [1.807, 2.05) is 33.3 Å². The van der Waals surface area contributed by atoms with Crippen LogP contribution in [0, 0.1) is 0 Å². The average Bonchev–Trinajstić information content (AvgIpc) is 3.12. The van der Waals surface area contributed by atoms with Gasteiger partial charge in [0.1, 0.15) is 6.61 Å². The lowest BCUT2D eigenvalue weighted by atomic mass is 10.1. The summed E-state index contributed by atoms with van der Waals surface area (Å²) in [6.07, 6.45) is 49.0. The summed E-state index contributed by atoms with van der Waals surface area (Å²) in [5.41, 5.74) is 0. The molecule has 0 aromatic heterocycles. The number of rotatable bonds is 33. The van der Waals surface area contributed by atoms with Gasteiger partial charge in [0, 0.05) is 12.8 Å². The number of esters is 2. The molecule has 0 aliphatic heterocycles. The lowest BCUT2D eigenvalue weighted by molar-refractivity contribution is -0.887. The highest BCUT2D eigenvalue weighted by Gasteiger charge is 2.31. The molecule has 2 unspecified atom stereocenters. The monoisotopic (exact) mass is 751 g/mol. The van der Waals surface area contributed by atoms with Crippen molar-refractivity contribution in [2.45, 2.75) is 122 Å². The van der Waals surface area contributed by atoms with Gasteiger partial charge in [-0.2, -0.15) is 0 Å². The molecule has 0 bridgehead atoms. The molecular formula is C46H72NO7+. The maximum atomic E-state index is 12.7. The number of likely N-dealkylation sites (N-methyl/N-ethyl adjacent to an activating group) is 1. The number of carbonyl (C=O) groups excluding carboxylic acids is 2. The first-order valence-electron chi connectivity index (χ1n) is 19.9. The van der Waals surface area contributed by atoms with Crippen LogP contribution in [0.3, 0.4) is 0 Å². The molecule has 0 amide bonds. The number of unbranched alkanes of at least 4 members (excludes halogenated alkanes) is 2. The second-order valence-corrected chi connectivity index (χ2v) is 13.8. The Kier molecular flexibility index (Phi) is 33.3. The van der Waals surface area contributed by atoms with Crippen molar-refractivity contribution in [3.63, 3.8) is 0 Å². The number of carboxylic acid groups (broad SMARTS) is 1. The van der Waals surface area contributed by atoms with Gasteiger partial charge >= 0.3 is 17.9 Å². The van der Waals surface area contributed by atoms with Crippen LogP contribution in [0.5, 0.6) is 0 Å². The van der Waals surface area contributed by atoms with Crippen molar-refractivity contribution in [2.24, 2.45) is 0 Å². The molecule has 0 heterocycles. The topological polar surface area (TPSA) is 99.1 Å². The molecule has 0 aliphatic carbocycles. The van der Waals surface area contributed by atoms with E-state index in [1.165, 1.54) is 0 Å². The van der Waals surface area contributed by atoms with E-state index in [0.717, 1.165) is 70.6 Å². The van der Waals surface area contributed by atoms with E-state index in [-0.39, 0.29) is 43.1 Å². The highest BCUT2D eigenvalue weighted by atomic mass is 16.6. The van der Waals surface area contributed by atoms with Gasteiger partial charge in [0.05, 0.1) is 40.8 Å². The Hall–Kier alpha value is -4.01. The maximum absolute atomic E-state index is 12.7. The van der Waals surface area contributed by atoms with E-state index in [4.69, 9.17) is 14.2 Å². The van der Waals surface area contributed by atoms with Crippen molar-refractivity contribution in [3.05, 3.63) is 109 Å². The Bertz CT molecular complexity index is 1240. The minimum atomic E-state index is -0.899. The molecule has 0 rings (SSSR count). The molecule has 0 aromatic carbocycles. The fourth-order valence-corrected chi connectivity index (χ4v) is 4.92. The van der Waals surface area contributed by atoms with E-state index in [0.29, 0.717) is 12.8 Å². The predicted octanol–water partition coefficient (Wildman–Crippen LogP) is 10.5. The number of nitrogens with zero attached hydrogens (tertiary/aromatic N) is 1. The third-order valence-corrected chi connectivity index (χ3v) is 7.95. The summed E-state index contributed by atoms with van der Waals surface area (Å²) in [4.78, 5) is 36.7. The molecule has 8 heteroatoms. The number of ether oxygens (including phenoxy) is 3. The third kappa shape index (κ3) is 33.8. The van der Waals surface area contributed by atoms with Gasteiger partial charge in [-0.25, -0.2) is 4.79 Å². The van der Waals surface area contributed by atoms with Crippen LogP contribution in [-0.2, 0) is 28.6 Å². The molecule has 8 nitrogen and oxygen atoms in total. The molecule has 54 heavy (non-hydrogen) atoms. The first-order valence-corrected chi connectivity index (χ1v) is 19.9. The summed E-state index contributed by atoms with van der Waals surface area (Å²) in [5, 5.41) is 9.58. The van der Waals surface area contributed by atoms with Gasteiger partial charge in [0.15, 0.2) is 12.1 Å². The van der Waals surface area contributed by atoms with Crippen LogP contribution >= 0.6 is 0 Å². The smallest absolute Gasteiger partial charge is 0.362 e. The zero-order chi connectivity index (χ0) is 40.0. The average molecular weight is 751 g/mol. The summed E-state index contributed by atoms with van der Waals surface area (Å²) in [6.45, 7) is 4.30. The minimum absolute atomic E-state index is 0.00809. The van der Waals surface area contributed by atoms with Crippen molar-refractivity contribution in [1.29, 1.82) is 0 Å². The molecule has 0 spiro atoms. The predicted molar refractivity (Wildman–Crippen MR) is 224 cm³/mol. The van der Waals surface area contributed by atoms with Crippen molar-refractivity contribution in [3.8, 4) is 0 Å². The normalized spacial score (nSPS) is 14.2. The van der Waals surface area contributed by atoms with E-state index in [9.17, 15) is 19.5 Å². The highest BCUT2D eigenvalue weighted by molar-refractivity contribution is 5.72. The van der Waals surface area contributed by atoms with Crippen molar-refractivity contribution in [2.75, 3.05) is 41.0 Å². The van der Waals surface area contributed by atoms with E-state index in [1.54, 1.807) is 6.08 Å². The van der Waals surface area contributed by atoms with Crippen LogP contribution in [0.2, 0.25) is 0 Å². The third-order valence-electron chi connectivity index (χ3n) is 7.95. The lowest BCUT2D eigenvalue weighted by Gasteiger charge is -2.31. The van der Waals surface area contributed by atoms with Crippen LogP contribution < -0.4 is 0 Å². The summed E-state index contributed by atoms with van der Waals surface area (Å²) in [7, 11) is 5.46. The number of hydrogen-bond donors (Lipinski definition) is 1. The van der Waals surface area contributed by atoms with Crippen molar-refractivity contribution in [1.82, 2.24) is 0 Å². The van der Waals surface area contributed by atoms with Gasteiger partial charge in [0.25, 0.3) is 0 Å². The number of hydrogen-bond acceptors (Lipinski definition) is 6. The van der Waals surface area contributed by atoms with Crippen LogP contribution in [-0.4, -0.2) is 80.6 Å². The summed E-state index contributed by atoms with van der Waals surface area (Å²) in [6, 6.07) is -0.639. The van der Waals surface area contributed by atoms with Crippen LogP contribution in [0.25, 0.3) is 0 Å². The standard InChI is InChI=1S/C46H71NO7/c1-6-8-10-12-14-16-17-18-19-20-21-22-23-24-25-26-27-29-31-33-35-37-45(49)54-42(40-52-39-38-43(46(50)51)47(3,4)5)41-53-44(48)36-34-32-30-28-15-13-11-9-7-2/h8-11,14-16,18-19,21-22,24-25,27-29,32,34,42-43H,6-7,12-13,17,20,23,26,30-31,33,35-41H2,1-5H3/p+1/b10-8+,11-9+,16-14+,19-18+,22-21+,25-24+,28-15+,29-27+,34-32+. The summed E-state index contributed by atoms with van der Waals surface area (Å²) in [5.74, 6) is -1.70. The van der Waals surface area contributed by atoms with Gasteiger partial charge in [-0.05, 0) is 77.0 Å². The Labute approximate surface area is 328 Å². The molecule has 0 aliphatic rings. The fraction of sp³-hybridized carbons (Fsp3) is 0.543. The molecule has 2 atom stereocenters. The molecule has 0 saturated heterocycles. The molecule has 0 fully saturated rings. The molecule has 0 radical (unpaired) electrons. The fourth-order valence-electron chi connectivity index (χ4n) is 4.92. The Morgan fingerprint density at radius 2 is 1.02 bits per heavy atom. The molecule has 0 saturated carbocycles. The second-order valence-electron chi connectivity index (χ2n) is 13.8. The number of allylic oxidation sites excluding steroid dienone is 17. The minimum Gasteiger partial charge on any atom is -0.477 e. The number of carbonyl (C=O) groups is 3. The lowest BCUT2D eigenvalue weighted by Crippen LogP contribution is -2.50. The summed E-state index contributed by atoms with van der Waals surface area (Å²) >= 11 is 0. The number of aliphatic carboxylic acids is 1. The zero-order valence-corrected chi connectivity index (χ0v) is 34.1. The Balaban J connectivity index is 4.53. The molecule has 1 N–H and O–H groups in total. The Morgan fingerprint density at radius 1 is 0.574 bits per heavy atom. The maximum Gasteiger partial charge on any atom is 0.362 e. The largest absolute Gasteiger partial charge is 0.477 e. The van der Waals surface area contributed by atoms with Crippen molar-refractivity contribution < 1.29 is 38.2 Å². The second kappa shape index (κ2) is 36.0. The van der Waals surface area contributed by atoms with E-state index in [2.05, 4.69) is 105 Å². The molecule has 302 valence electrons. The zero-order valence-electron chi connectivity index (χ0n) is 34.1. The first-order chi connectivity index (χ1) is 26.1. The van der Waals surface area contributed by atoms with Crippen LogP contribution in [0.15, 0.2) is 109 Å². The molecular weight excluding hydrogens is 679 g/mol. The number of carboxylic acids is 1. The Morgan fingerprint density at radius 3 is 1.46 bits per heavy atom. The molecule has 0 aromatic rings. The quantitative estimate of drug-likeness (QED) is 0.0309. The van der Waals surface area contributed by atoms with Crippen LogP contribution in [0.1, 0.15) is 110 Å². The van der Waals surface area contributed by atoms with Crippen LogP contribution in [0.4, 0.5) is 0 Å².